The number of rotatable bonds is 13. The molecule has 2 heterocycles. The first kappa shape index (κ1) is 56.1. The second-order valence-electron chi connectivity index (χ2n) is 25.0. The van der Waals surface area contributed by atoms with Gasteiger partial charge in [0, 0.05) is 78.4 Å². The highest BCUT2D eigenvalue weighted by atomic mass is 16.3. The Morgan fingerprint density at radius 2 is 0.500 bits per heavy atom. The highest BCUT2D eigenvalue weighted by molar-refractivity contribution is 6.32. The van der Waals surface area contributed by atoms with Crippen LogP contribution in [0.1, 0.15) is 11.1 Å². The van der Waals surface area contributed by atoms with Crippen LogP contribution in [-0.2, 0) is 0 Å². The van der Waals surface area contributed by atoms with Gasteiger partial charge in [-0.3, -0.25) is 0 Å². The third kappa shape index (κ3) is 9.65. The Kier molecular flexibility index (Phi) is 13.6. The second kappa shape index (κ2) is 23.2. The predicted octanol–water partition coefficient (Wildman–Crippen LogP) is 26.3. The van der Waals surface area contributed by atoms with Gasteiger partial charge in [0.2, 0.25) is 0 Å². The molecule has 6 nitrogen and oxygen atoms in total. The van der Waals surface area contributed by atoms with E-state index in [0.29, 0.717) is 0 Å². The van der Waals surface area contributed by atoms with Crippen molar-refractivity contribution in [3.63, 3.8) is 0 Å². The molecule has 454 valence electrons. The third-order valence-electron chi connectivity index (χ3n) is 19.0. The van der Waals surface area contributed by atoms with Gasteiger partial charge < -0.3 is 28.4 Å². The molecule has 0 N–H and O–H groups in total. The summed E-state index contributed by atoms with van der Waals surface area (Å²) in [5.41, 5.74) is 20.6. The van der Waals surface area contributed by atoms with Crippen molar-refractivity contribution in [3.05, 3.63) is 351 Å². The smallest absolute Gasteiger partial charge is 0.160 e. The number of furan rings is 2. The van der Waals surface area contributed by atoms with Crippen molar-refractivity contribution in [2.24, 2.45) is 0 Å². The molecule has 0 saturated heterocycles. The average Bonchev–Trinajstić information content (AvgIpc) is 1.55. The Morgan fingerprint density at radius 1 is 0.208 bits per heavy atom. The van der Waals surface area contributed by atoms with Crippen LogP contribution in [0.3, 0.4) is 0 Å². The molecule has 0 fully saturated rings. The number of nitrogens with zero attached hydrogens (tertiary/aromatic N) is 4. The van der Waals surface area contributed by atoms with Crippen LogP contribution in [0.2, 0.25) is 0 Å². The number of aryl methyl sites for hydroxylation is 2. The molecule has 0 atom stereocenters. The summed E-state index contributed by atoms with van der Waals surface area (Å²) in [6.45, 7) is 4.27. The summed E-state index contributed by atoms with van der Waals surface area (Å²) in [5.74, 6) is 0. The minimum atomic E-state index is 0.812. The molecule has 6 heteroatoms. The number of hydrogen-bond donors (Lipinski definition) is 0. The normalized spacial score (nSPS) is 11.6. The second-order valence-corrected chi connectivity index (χ2v) is 25.0. The van der Waals surface area contributed by atoms with Gasteiger partial charge in [-0.25, -0.2) is 0 Å². The standard InChI is InChI=1S/C90H62N4O2/c1-59-31-41-71(42-32-59)91(67-21-7-3-8-22-67)75-49-51-79-65(55-75)39-53-83-85(79)86-80-52-50-76(56-66(80)40-54-84(86)95-83)92(72-43-33-60(2)34-44-72)73-45-35-61(36-46-73)62-37-47-74(48-38-62)94(70-27-13-6-14-28-70)82-58-64-20-16-18-30-78(64)88-87-77-29-17-15-19-63(77)57-81(89(87)96-90(82)88)93(68-23-9-4-10-24-68)69-25-11-5-12-26-69/h3-58H,1-2H3. The van der Waals surface area contributed by atoms with Gasteiger partial charge in [-0.2, -0.15) is 0 Å². The van der Waals surface area contributed by atoms with Crippen molar-refractivity contribution >= 4 is 155 Å². The van der Waals surface area contributed by atoms with E-state index in [9.17, 15) is 0 Å². The minimum absolute atomic E-state index is 0.812. The van der Waals surface area contributed by atoms with E-state index < -0.39 is 0 Å². The van der Waals surface area contributed by atoms with E-state index in [4.69, 9.17) is 8.83 Å². The molecule has 0 aliphatic rings. The fraction of sp³-hybridized carbons (Fsp3) is 0.0222. The number of hydrogen-bond acceptors (Lipinski definition) is 6. The van der Waals surface area contributed by atoms with Crippen molar-refractivity contribution in [2.45, 2.75) is 13.8 Å². The zero-order valence-corrected chi connectivity index (χ0v) is 52.9. The molecule has 18 aromatic rings. The lowest BCUT2D eigenvalue weighted by Gasteiger charge is -2.27. The topological polar surface area (TPSA) is 39.2 Å². The maximum absolute atomic E-state index is 7.58. The summed E-state index contributed by atoms with van der Waals surface area (Å²) in [6, 6.07) is 122. The zero-order valence-electron chi connectivity index (χ0n) is 52.9. The zero-order chi connectivity index (χ0) is 63.8. The van der Waals surface area contributed by atoms with Crippen LogP contribution in [0.5, 0.6) is 0 Å². The minimum Gasteiger partial charge on any atom is -0.456 e. The largest absolute Gasteiger partial charge is 0.456 e. The molecule has 0 amide bonds. The molecule has 0 bridgehead atoms. The SMILES string of the molecule is Cc1ccc(N(c2ccccc2)c2ccc3c(ccc4oc5ccc6cc(N(c7ccc(C)cc7)c7ccc(-c8ccc(N(c9ccccc9)c9cc%10ccccc%10c%10c9oc9c(N(c%11ccccc%11)c%11ccccc%11)cc%11ccccc%11c9%10)cc8)cc7)ccc6c5c43)c2)cc1. The van der Waals surface area contributed by atoms with E-state index in [0.717, 1.165) is 166 Å². The van der Waals surface area contributed by atoms with Gasteiger partial charge in [-0.05, 0) is 214 Å². The number of benzene rings is 16. The Hall–Kier alpha value is -12.6. The van der Waals surface area contributed by atoms with Gasteiger partial charge in [-0.15, -0.1) is 0 Å². The Morgan fingerprint density at radius 3 is 0.885 bits per heavy atom. The van der Waals surface area contributed by atoms with E-state index >= 15 is 0 Å². The van der Waals surface area contributed by atoms with E-state index in [1.807, 2.05) is 0 Å². The predicted molar refractivity (Wildman–Crippen MR) is 405 cm³/mol. The number of anilines is 12. The Balaban J connectivity index is 0.719. The van der Waals surface area contributed by atoms with Crippen molar-refractivity contribution in [1.29, 1.82) is 0 Å². The van der Waals surface area contributed by atoms with E-state index in [1.54, 1.807) is 0 Å². The summed E-state index contributed by atoms with van der Waals surface area (Å²) in [6.07, 6.45) is 0. The van der Waals surface area contributed by atoms with Gasteiger partial charge in [0.25, 0.3) is 0 Å². The van der Waals surface area contributed by atoms with Gasteiger partial charge in [0.15, 0.2) is 11.2 Å². The van der Waals surface area contributed by atoms with Crippen LogP contribution in [0.25, 0.3) is 98.1 Å². The van der Waals surface area contributed by atoms with E-state index in [2.05, 4.69) is 373 Å². The first-order valence-electron chi connectivity index (χ1n) is 32.8. The molecule has 0 saturated carbocycles. The summed E-state index contributed by atoms with van der Waals surface area (Å²) in [5, 5.41) is 13.5. The molecule has 0 spiro atoms. The van der Waals surface area contributed by atoms with Crippen LogP contribution in [0.4, 0.5) is 68.2 Å². The van der Waals surface area contributed by atoms with Crippen LogP contribution in [0.15, 0.2) is 349 Å². The number of fused-ring (bicyclic) bond motifs is 14. The molecule has 18 rings (SSSR count). The van der Waals surface area contributed by atoms with Crippen LogP contribution >= 0.6 is 0 Å². The first-order chi connectivity index (χ1) is 47.4. The van der Waals surface area contributed by atoms with Gasteiger partial charge in [0.1, 0.15) is 11.2 Å². The lowest BCUT2D eigenvalue weighted by atomic mass is 9.97. The molecule has 16 aromatic carbocycles. The van der Waals surface area contributed by atoms with E-state index in [-0.39, 0.29) is 0 Å². The summed E-state index contributed by atoms with van der Waals surface area (Å²) >= 11 is 0. The van der Waals surface area contributed by atoms with Crippen molar-refractivity contribution in [2.75, 3.05) is 19.6 Å². The van der Waals surface area contributed by atoms with E-state index in [1.165, 1.54) is 11.1 Å². The van der Waals surface area contributed by atoms with Gasteiger partial charge in [-0.1, -0.05) is 205 Å². The molecule has 0 aliphatic heterocycles. The molecule has 2 aromatic heterocycles. The fourth-order valence-corrected chi connectivity index (χ4v) is 14.5. The highest BCUT2D eigenvalue weighted by Gasteiger charge is 2.28. The van der Waals surface area contributed by atoms with Crippen molar-refractivity contribution < 1.29 is 8.83 Å². The van der Waals surface area contributed by atoms with Crippen LogP contribution in [0, 0.1) is 13.8 Å². The molecule has 0 aliphatic carbocycles. The molecular formula is C90H62N4O2. The maximum Gasteiger partial charge on any atom is 0.160 e. The molecule has 96 heavy (non-hydrogen) atoms. The summed E-state index contributed by atoms with van der Waals surface area (Å²) in [7, 11) is 0. The van der Waals surface area contributed by atoms with Crippen LogP contribution < -0.4 is 19.6 Å². The quantitative estimate of drug-likeness (QED) is 0.115. The average molecular weight is 1230 g/mol. The molecule has 0 unspecified atom stereocenters. The summed E-state index contributed by atoms with van der Waals surface area (Å²) in [4.78, 5) is 9.37. The fourth-order valence-electron chi connectivity index (χ4n) is 14.5. The summed E-state index contributed by atoms with van der Waals surface area (Å²) < 4.78 is 14.3. The monoisotopic (exact) mass is 1230 g/mol. The maximum atomic E-state index is 7.58. The number of para-hydroxylation sites is 4. The van der Waals surface area contributed by atoms with Gasteiger partial charge in [0.05, 0.1) is 11.4 Å². The first-order valence-corrected chi connectivity index (χ1v) is 32.8. The lowest BCUT2D eigenvalue weighted by molar-refractivity contribution is 0.669. The molecule has 0 radical (unpaired) electrons. The lowest BCUT2D eigenvalue weighted by Crippen LogP contribution is -2.10. The third-order valence-corrected chi connectivity index (χ3v) is 19.0. The Bertz CT molecular complexity index is 5910. The van der Waals surface area contributed by atoms with Crippen LogP contribution in [-0.4, -0.2) is 0 Å². The highest BCUT2D eigenvalue weighted by Crippen LogP contribution is 2.52. The van der Waals surface area contributed by atoms with Crippen molar-refractivity contribution in [1.82, 2.24) is 0 Å². The Labute approximate surface area is 556 Å². The molecular weight excluding hydrogens is 1170 g/mol. The van der Waals surface area contributed by atoms with Crippen molar-refractivity contribution in [3.8, 4) is 11.1 Å². The van der Waals surface area contributed by atoms with Gasteiger partial charge >= 0.3 is 0 Å².